The number of hydrogen-bond acceptors (Lipinski definition) is 2. The molecule has 0 aliphatic carbocycles. The lowest BCUT2D eigenvalue weighted by atomic mass is 10.1. The Kier molecular flexibility index (Phi) is 3.64. The van der Waals surface area contributed by atoms with E-state index in [0.717, 1.165) is 0 Å². The molecule has 0 bridgehead atoms. The summed E-state index contributed by atoms with van der Waals surface area (Å²) in [6.45, 7) is 0. The third kappa shape index (κ3) is 3.40. The Balaban J connectivity index is 2.30. The van der Waals surface area contributed by atoms with Crippen molar-refractivity contribution in [2.24, 2.45) is 0 Å². The van der Waals surface area contributed by atoms with Gasteiger partial charge in [-0.3, -0.25) is 0 Å². The molecule has 19 heavy (non-hydrogen) atoms. The summed E-state index contributed by atoms with van der Waals surface area (Å²) in [5.41, 5.74) is 5.93. The highest BCUT2D eigenvalue weighted by Gasteiger charge is 2.43. The molecule has 2 rings (SSSR count). The quantitative estimate of drug-likeness (QED) is 0.854. The van der Waals surface area contributed by atoms with Crippen molar-refractivity contribution < 1.29 is 17.9 Å². The molecule has 1 unspecified atom stereocenters. The summed E-state index contributed by atoms with van der Waals surface area (Å²) in [7, 11) is 0. The Bertz CT molecular complexity index is 540. The van der Waals surface area contributed by atoms with E-state index in [1.54, 1.807) is 18.2 Å². The molecule has 1 atom stereocenters. The van der Waals surface area contributed by atoms with E-state index in [9.17, 15) is 13.2 Å². The third-order valence-corrected chi connectivity index (χ3v) is 2.51. The molecular weight excluding hydrogens is 255 g/mol. The molecule has 0 aromatic heterocycles. The van der Waals surface area contributed by atoms with Gasteiger partial charge in [-0.15, -0.1) is 0 Å². The molecule has 0 radical (unpaired) electrons. The fourth-order valence-corrected chi connectivity index (χ4v) is 1.68. The zero-order valence-corrected chi connectivity index (χ0v) is 9.89. The highest BCUT2D eigenvalue weighted by Crippen LogP contribution is 2.36. The molecule has 0 spiro atoms. The topological polar surface area (TPSA) is 35.2 Å². The largest absolute Gasteiger partial charge is 0.476 e. The van der Waals surface area contributed by atoms with E-state index in [-0.39, 0.29) is 11.3 Å². The summed E-state index contributed by atoms with van der Waals surface area (Å²) in [5, 5.41) is 0. The van der Waals surface area contributed by atoms with Crippen LogP contribution in [0.1, 0.15) is 11.7 Å². The van der Waals surface area contributed by atoms with Crippen LogP contribution in [0.3, 0.4) is 0 Å². The van der Waals surface area contributed by atoms with Gasteiger partial charge in [0.25, 0.3) is 0 Å². The van der Waals surface area contributed by atoms with E-state index in [4.69, 9.17) is 10.5 Å². The predicted octanol–water partition coefficient (Wildman–Crippen LogP) is 3.95. The maximum atomic E-state index is 13.0. The number of benzene rings is 2. The summed E-state index contributed by atoms with van der Waals surface area (Å²) in [6.07, 6.45) is -6.50. The summed E-state index contributed by atoms with van der Waals surface area (Å²) in [5.74, 6) is 0.0891. The first kappa shape index (κ1) is 13.3. The first-order valence-corrected chi connectivity index (χ1v) is 5.60. The van der Waals surface area contributed by atoms with E-state index >= 15 is 0 Å². The van der Waals surface area contributed by atoms with Crippen LogP contribution >= 0.6 is 0 Å². The van der Waals surface area contributed by atoms with E-state index in [2.05, 4.69) is 0 Å². The first-order valence-electron chi connectivity index (χ1n) is 5.60. The molecule has 100 valence electrons. The lowest BCUT2D eigenvalue weighted by molar-refractivity contribution is -0.198. The first-order chi connectivity index (χ1) is 8.97. The molecule has 5 heteroatoms. The Morgan fingerprint density at radius 1 is 0.947 bits per heavy atom. The van der Waals surface area contributed by atoms with Crippen LogP contribution in [-0.2, 0) is 0 Å². The highest BCUT2D eigenvalue weighted by atomic mass is 19.4. The van der Waals surface area contributed by atoms with Gasteiger partial charge in [-0.2, -0.15) is 13.2 Å². The third-order valence-electron chi connectivity index (χ3n) is 2.51. The van der Waals surface area contributed by atoms with Crippen molar-refractivity contribution in [3.05, 3.63) is 60.2 Å². The predicted molar refractivity (Wildman–Crippen MR) is 66.7 cm³/mol. The average Bonchev–Trinajstić information content (AvgIpc) is 2.36. The van der Waals surface area contributed by atoms with E-state index in [0.29, 0.717) is 5.69 Å². The monoisotopic (exact) mass is 267 g/mol. The van der Waals surface area contributed by atoms with E-state index in [1.165, 1.54) is 36.4 Å². The molecule has 0 amide bonds. The van der Waals surface area contributed by atoms with Gasteiger partial charge in [0.05, 0.1) is 0 Å². The molecule has 0 saturated carbocycles. The molecule has 0 aliphatic heterocycles. The molecule has 0 saturated heterocycles. The normalized spacial score (nSPS) is 13.0. The molecule has 2 aromatic carbocycles. The van der Waals surface area contributed by atoms with Crippen LogP contribution in [0.4, 0.5) is 18.9 Å². The number of halogens is 3. The van der Waals surface area contributed by atoms with Gasteiger partial charge < -0.3 is 10.5 Å². The van der Waals surface area contributed by atoms with Gasteiger partial charge in [-0.1, -0.05) is 36.4 Å². The highest BCUT2D eigenvalue weighted by molar-refractivity contribution is 5.43. The minimum Gasteiger partial charge on any atom is -0.476 e. The zero-order valence-electron chi connectivity index (χ0n) is 9.89. The van der Waals surface area contributed by atoms with Crippen molar-refractivity contribution in [3.8, 4) is 5.75 Å². The van der Waals surface area contributed by atoms with Gasteiger partial charge in [0.2, 0.25) is 6.10 Å². The lowest BCUT2D eigenvalue weighted by Gasteiger charge is -2.22. The number of anilines is 1. The minimum atomic E-state index is -4.49. The fourth-order valence-electron chi connectivity index (χ4n) is 1.68. The van der Waals surface area contributed by atoms with E-state index < -0.39 is 12.3 Å². The van der Waals surface area contributed by atoms with Crippen LogP contribution in [0.2, 0.25) is 0 Å². The van der Waals surface area contributed by atoms with Crippen LogP contribution < -0.4 is 10.5 Å². The second kappa shape index (κ2) is 5.22. The standard InChI is InChI=1S/C14H12F3NO/c15-14(16,17)13(10-5-2-1-3-6-10)19-12-8-4-7-11(18)9-12/h1-9,13H,18H2. The fraction of sp³-hybridized carbons (Fsp3) is 0.143. The summed E-state index contributed by atoms with van der Waals surface area (Å²) in [4.78, 5) is 0. The van der Waals surface area contributed by atoms with Crippen LogP contribution in [0.5, 0.6) is 5.75 Å². The number of rotatable bonds is 3. The van der Waals surface area contributed by atoms with Crippen molar-refractivity contribution in [2.45, 2.75) is 12.3 Å². The minimum absolute atomic E-state index is 0.0532. The SMILES string of the molecule is Nc1cccc(OC(c2ccccc2)C(F)(F)F)c1. The second-order valence-electron chi connectivity index (χ2n) is 4.02. The van der Waals surface area contributed by atoms with Gasteiger partial charge in [-0.25, -0.2) is 0 Å². The molecule has 2 nitrogen and oxygen atoms in total. The van der Waals surface area contributed by atoms with Crippen molar-refractivity contribution in [3.63, 3.8) is 0 Å². The van der Waals surface area contributed by atoms with Gasteiger partial charge >= 0.3 is 6.18 Å². The number of alkyl halides is 3. The van der Waals surface area contributed by atoms with Gasteiger partial charge in [0.1, 0.15) is 5.75 Å². The number of nitrogens with two attached hydrogens (primary N) is 1. The zero-order chi connectivity index (χ0) is 13.9. The second-order valence-corrected chi connectivity index (χ2v) is 4.02. The van der Waals surface area contributed by atoms with Crippen molar-refractivity contribution >= 4 is 5.69 Å². The maximum Gasteiger partial charge on any atom is 0.429 e. The summed E-state index contributed by atoms with van der Waals surface area (Å²) in [6, 6.07) is 13.4. The number of ether oxygens (including phenoxy) is 1. The molecule has 0 aliphatic rings. The Labute approximate surface area is 108 Å². The van der Waals surface area contributed by atoms with Crippen molar-refractivity contribution in [1.82, 2.24) is 0 Å². The maximum absolute atomic E-state index is 13.0. The van der Waals surface area contributed by atoms with Crippen LogP contribution in [-0.4, -0.2) is 6.18 Å². The van der Waals surface area contributed by atoms with Crippen molar-refractivity contribution in [2.75, 3.05) is 5.73 Å². The number of hydrogen-bond donors (Lipinski definition) is 1. The van der Waals surface area contributed by atoms with E-state index in [1.807, 2.05) is 0 Å². The lowest BCUT2D eigenvalue weighted by Crippen LogP contribution is -2.26. The smallest absolute Gasteiger partial charge is 0.429 e. The van der Waals surface area contributed by atoms with Crippen molar-refractivity contribution in [1.29, 1.82) is 0 Å². The molecule has 0 fully saturated rings. The summed E-state index contributed by atoms with van der Waals surface area (Å²) < 4.78 is 44.1. The van der Waals surface area contributed by atoms with Crippen LogP contribution in [0.15, 0.2) is 54.6 Å². The van der Waals surface area contributed by atoms with Gasteiger partial charge in [-0.05, 0) is 12.1 Å². The Morgan fingerprint density at radius 3 is 2.21 bits per heavy atom. The number of nitrogen functional groups attached to an aromatic ring is 1. The molecule has 0 heterocycles. The molecule has 2 N–H and O–H groups in total. The van der Waals surface area contributed by atoms with Crippen LogP contribution in [0.25, 0.3) is 0 Å². The summed E-state index contributed by atoms with van der Waals surface area (Å²) >= 11 is 0. The molecule has 2 aromatic rings. The van der Waals surface area contributed by atoms with Gasteiger partial charge in [0.15, 0.2) is 0 Å². The Hall–Kier alpha value is -2.17. The van der Waals surface area contributed by atoms with Gasteiger partial charge in [0, 0.05) is 17.3 Å². The Morgan fingerprint density at radius 2 is 1.63 bits per heavy atom. The average molecular weight is 267 g/mol. The van der Waals surface area contributed by atoms with Crippen LogP contribution in [0, 0.1) is 0 Å². The molecular formula is C14H12F3NO.